The molecule has 1 aromatic rings. The Bertz CT molecular complexity index is 571. The van der Waals surface area contributed by atoms with E-state index in [2.05, 4.69) is 4.99 Å². The summed E-state index contributed by atoms with van der Waals surface area (Å²) in [4.78, 5) is 15.6. The van der Waals surface area contributed by atoms with Gasteiger partial charge in [0, 0.05) is 10.8 Å². The molecule has 0 radical (unpaired) electrons. The second-order valence-corrected chi connectivity index (χ2v) is 4.61. The normalized spacial score (nSPS) is 16.0. The van der Waals surface area contributed by atoms with Crippen molar-refractivity contribution in [2.24, 2.45) is 4.99 Å². The Hall–Kier alpha value is -1.64. The molecule has 1 heterocycles. The number of hydrogen-bond donors (Lipinski definition) is 0. The van der Waals surface area contributed by atoms with Gasteiger partial charge in [-0.25, -0.2) is 0 Å². The summed E-state index contributed by atoms with van der Waals surface area (Å²) in [5.41, 5.74) is 1.36. The maximum Gasteiger partial charge on any atom is 0.150 e. The number of fused-ring (bicyclic) bond motifs is 1. The predicted octanol–water partition coefficient (Wildman–Crippen LogP) is 1.01. The van der Waals surface area contributed by atoms with Crippen LogP contribution in [0.4, 0.5) is 0 Å². The molecule has 3 heteroatoms. The van der Waals surface area contributed by atoms with Gasteiger partial charge in [-0.05, 0) is 38.5 Å². The van der Waals surface area contributed by atoms with Crippen LogP contribution < -0.4 is 15.3 Å². The van der Waals surface area contributed by atoms with E-state index in [4.69, 9.17) is 4.74 Å². The molecule has 0 fully saturated rings. The number of nitrogens with zero attached hydrogens (tertiary/aromatic N) is 1. The number of benzene rings is 1. The molecular weight excluding hydrogens is 202 g/mol. The van der Waals surface area contributed by atoms with Crippen LogP contribution in [0.5, 0.6) is 5.75 Å². The number of aldehydes is 1. The molecule has 0 spiro atoms. The van der Waals surface area contributed by atoms with Crippen LogP contribution in [0.15, 0.2) is 11.1 Å². The van der Waals surface area contributed by atoms with Gasteiger partial charge in [0.1, 0.15) is 11.1 Å². The van der Waals surface area contributed by atoms with Gasteiger partial charge in [-0.2, -0.15) is 0 Å². The lowest BCUT2D eigenvalue weighted by Gasteiger charge is -2.08. The number of rotatable bonds is 2. The molecule has 1 aliphatic rings. The lowest BCUT2D eigenvalue weighted by atomic mass is 10.0. The first-order valence-corrected chi connectivity index (χ1v) is 5.24. The van der Waals surface area contributed by atoms with Crippen molar-refractivity contribution in [2.75, 3.05) is 7.11 Å². The fourth-order valence-corrected chi connectivity index (χ4v) is 2.11. The summed E-state index contributed by atoms with van der Waals surface area (Å²) in [7, 11) is 1.63. The summed E-state index contributed by atoms with van der Waals surface area (Å²) in [5.74, 6) is 0.766. The summed E-state index contributed by atoms with van der Waals surface area (Å²) < 4.78 is 5.35. The van der Waals surface area contributed by atoms with E-state index in [1.165, 1.54) is 0 Å². The molecule has 0 N–H and O–H groups in total. The zero-order chi connectivity index (χ0) is 11.9. The van der Waals surface area contributed by atoms with Crippen molar-refractivity contribution >= 4 is 12.4 Å². The molecule has 0 saturated carbocycles. The van der Waals surface area contributed by atoms with Crippen molar-refractivity contribution in [1.82, 2.24) is 0 Å². The van der Waals surface area contributed by atoms with E-state index in [9.17, 15) is 4.79 Å². The number of hydrogen-bond acceptors (Lipinski definition) is 3. The van der Waals surface area contributed by atoms with Crippen LogP contribution in [0, 0.1) is 6.92 Å². The number of ether oxygens (including phenoxy) is 1. The van der Waals surface area contributed by atoms with E-state index in [0.29, 0.717) is 5.56 Å². The molecule has 1 aliphatic heterocycles. The number of aryl methyl sites for hydroxylation is 1. The fraction of sp³-hybridized carbons (Fsp3) is 0.385. The highest BCUT2D eigenvalue weighted by atomic mass is 16.5. The van der Waals surface area contributed by atoms with E-state index in [-0.39, 0.29) is 5.54 Å². The van der Waals surface area contributed by atoms with Crippen LogP contribution in [0.3, 0.4) is 0 Å². The lowest BCUT2D eigenvalue weighted by molar-refractivity contribution is 0.112. The number of carbonyl (C=O) groups is 1. The van der Waals surface area contributed by atoms with E-state index < -0.39 is 0 Å². The Labute approximate surface area is 94.5 Å². The lowest BCUT2D eigenvalue weighted by Crippen LogP contribution is -2.28. The Morgan fingerprint density at radius 2 is 2.12 bits per heavy atom. The summed E-state index contributed by atoms with van der Waals surface area (Å²) in [6, 6.07) is 1.85. The quantitative estimate of drug-likeness (QED) is 0.693. The monoisotopic (exact) mass is 217 g/mol. The van der Waals surface area contributed by atoms with E-state index in [1.54, 1.807) is 7.11 Å². The first-order chi connectivity index (χ1) is 7.48. The molecular formula is C13H15NO2. The van der Waals surface area contributed by atoms with Gasteiger partial charge in [0.15, 0.2) is 6.29 Å². The van der Waals surface area contributed by atoms with Crippen molar-refractivity contribution in [3.05, 3.63) is 27.8 Å². The predicted molar refractivity (Wildman–Crippen MR) is 62.4 cm³/mol. The van der Waals surface area contributed by atoms with Gasteiger partial charge < -0.3 is 4.74 Å². The maximum atomic E-state index is 11.0. The van der Waals surface area contributed by atoms with E-state index in [0.717, 1.165) is 28.2 Å². The van der Waals surface area contributed by atoms with Gasteiger partial charge in [-0.1, -0.05) is 0 Å². The van der Waals surface area contributed by atoms with Gasteiger partial charge in [-0.15, -0.1) is 0 Å². The SMILES string of the molecule is COc1c(C)cc(C=O)c2c1=NC(C)(C)C=2. The van der Waals surface area contributed by atoms with Crippen molar-refractivity contribution in [2.45, 2.75) is 26.3 Å². The smallest absolute Gasteiger partial charge is 0.150 e. The second-order valence-electron chi connectivity index (χ2n) is 4.61. The first kappa shape index (κ1) is 10.9. The summed E-state index contributed by atoms with van der Waals surface area (Å²) in [6.45, 7) is 5.94. The topological polar surface area (TPSA) is 38.7 Å². The van der Waals surface area contributed by atoms with Gasteiger partial charge in [0.2, 0.25) is 0 Å². The largest absolute Gasteiger partial charge is 0.494 e. The molecule has 16 heavy (non-hydrogen) atoms. The zero-order valence-electron chi connectivity index (χ0n) is 10.00. The molecule has 3 nitrogen and oxygen atoms in total. The Morgan fingerprint density at radius 1 is 1.44 bits per heavy atom. The number of methoxy groups -OCH3 is 1. The molecule has 0 aromatic heterocycles. The third-order valence-electron chi connectivity index (χ3n) is 2.74. The summed E-state index contributed by atoms with van der Waals surface area (Å²) >= 11 is 0. The molecule has 2 rings (SSSR count). The third-order valence-corrected chi connectivity index (χ3v) is 2.74. The molecule has 0 amide bonds. The van der Waals surface area contributed by atoms with Crippen LogP contribution in [-0.2, 0) is 0 Å². The van der Waals surface area contributed by atoms with Gasteiger partial charge in [-0.3, -0.25) is 9.79 Å². The highest BCUT2D eigenvalue weighted by Gasteiger charge is 2.21. The minimum Gasteiger partial charge on any atom is -0.494 e. The van der Waals surface area contributed by atoms with Crippen molar-refractivity contribution in [3.63, 3.8) is 0 Å². The second kappa shape index (κ2) is 3.44. The van der Waals surface area contributed by atoms with Gasteiger partial charge in [0.05, 0.1) is 12.6 Å². The summed E-state index contributed by atoms with van der Waals surface area (Å²) in [5, 5.41) is 1.69. The van der Waals surface area contributed by atoms with Crippen LogP contribution in [-0.4, -0.2) is 18.9 Å². The minimum atomic E-state index is -0.263. The highest BCUT2D eigenvalue weighted by Crippen LogP contribution is 2.17. The molecule has 84 valence electrons. The average molecular weight is 217 g/mol. The summed E-state index contributed by atoms with van der Waals surface area (Å²) in [6.07, 6.45) is 2.88. The van der Waals surface area contributed by atoms with Crippen LogP contribution in [0.25, 0.3) is 6.08 Å². The van der Waals surface area contributed by atoms with Gasteiger partial charge >= 0.3 is 0 Å². The standard InChI is InChI=1S/C13H15NO2/c1-8-5-9(7-15)10-6-13(2,3)14-11(10)12(8)16-4/h5-7H,1-4H3. The van der Waals surface area contributed by atoms with Crippen LogP contribution in [0.1, 0.15) is 29.8 Å². The Kier molecular flexibility index (Phi) is 2.34. The molecule has 0 atom stereocenters. The van der Waals surface area contributed by atoms with E-state index >= 15 is 0 Å². The van der Waals surface area contributed by atoms with E-state index in [1.807, 2.05) is 32.9 Å². The van der Waals surface area contributed by atoms with Crippen molar-refractivity contribution in [3.8, 4) is 5.75 Å². The molecule has 1 aromatic carbocycles. The van der Waals surface area contributed by atoms with Crippen LogP contribution >= 0.6 is 0 Å². The van der Waals surface area contributed by atoms with Crippen LogP contribution in [0.2, 0.25) is 0 Å². The minimum absolute atomic E-state index is 0.263. The van der Waals surface area contributed by atoms with Crippen molar-refractivity contribution in [1.29, 1.82) is 0 Å². The maximum absolute atomic E-state index is 11.0. The van der Waals surface area contributed by atoms with Gasteiger partial charge in [0.25, 0.3) is 0 Å². The van der Waals surface area contributed by atoms with Crippen molar-refractivity contribution < 1.29 is 9.53 Å². The third kappa shape index (κ3) is 1.52. The number of carbonyl (C=O) groups excluding carboxylic acids is 1. The Morgan fingerprint density at radius 3 is 2.69 bits per heavy atom. The molecule has 0 aliphatic carbocycles. The Balaban J connectivity index is 2.93. The molecule has 0 bridgehead atoms. The average Bonchev–Trinajstić information content (AvgIpc) is 2.52. The first-order valence-electron chi connectivity index (χ1n) is 5.24. The molecule has 0 unspecified atom stereocenters. The zero-order valence-corrected chi connectivity index (χ0v) is 10.00. The molecule has 0 saturated heterocycles. The fourth-order valence-electron chi connectivity index (χ4n) is 2.11. The highest BCUT2D eigenvalue weighted by molar-refractivity contribution is 5.77.